The van der Waals surface area contributed by atoms with E-state index in [0.29, 0.717) is 44.7 Å². The van der Waals surface area contributed by atoms with E-state index < -0.39 is 18.2 Å². The minimum Gasteiger partial charge on any atom is -0.390 e. The number of aliphatic hydroxyl groups is 1. The van der Waals surface area contributed by atoms with Gasteiger partial charge in [0.15, 0.2) is 0 Å². The Morgan fingerprint density at radius 2 is 2.08 bits per heavy atom. The average Bonchev–Trinajstić information content (AvgIpc) is 3.62. The van der Waals surface area contributed by atoms with Crippen molar-refractivity contribution in [3.8, 4) is 6.07 Å². The number of carbonyl (C=O) groups excluding carboxylic acids is 2. The van der Waals surface area contributed by atoms with E-state index in [0.717, 1.165) is 28.8 Å². The van der Waals surface area contributed by atoms with Gasteiger partial charge in [-0.3, -0.25) is 19.8 Å². The molecule has 2 amide bonds. The standard InChI is InChI=1S/C26H26F2N6O3S/c1-15(10-29)25(37)33-8-2-3-17(33)12-34-20-5-4-16(11-32-13-18(35)14-32)9-19(20)30-26(34)31-24(36)22-7-6-21(38-22)23(27)28/h4-7,9,17-18,23,35H,1-3,8,11-14H2,(H,30,31,36)/t17-/m1/s1. The topological polar surface area (TPSA) is 114 Å². The number of nitrogens with one attached hydrogen (secondary N) is 1. The third-order valence-electron chi connectivity index (χ3n) is 6.87. The lowest BCUT2D eigenvalue weighted by atomic mass is 10.1. The van der Waals surface area contributed by atoms with Crippen molar-refractivity contribution in [3.63, 3.8) is 0 Å². The third kappa shape index (κ3) is 5.18. The van der Waals surface area contributed by atoms with E-state index in [-0.39, 0.29) is 33.4 Å². The molecule has 12 heteroatoms. The van der Waals surface area contributed by atoms with Crippen LogP contribution >= 0.6 is 11.3 Å². The highest BCUT2D eigenvalue weighted by molar-refractivity contribution is 7.14. The zero-order valence-corrected chi connectivity index (χ0v) is 21.3. The number of anilines is 1. The molecule has 0 saturated carbocycles. The van der Waals surface area contributed by atoms with Gasteiger partial charge in [-0.2, -0.15) is 5.26 Å². The van der Waals surface area contributed by atoms with Gasteiger partial charge in [0.05, 0.1) is 32.9 Å². The fourth-order valence-electron chi connectivity index (χ4n) is 4.96. The van der Waals surface area contributed by atoms with Crippen molar-refractivity contribution in [1.29, 1.82) is 5.26 Å². The van der Waals surface area contributed by atoms with Crippen molar-refractivity contribution in [3.05, 3.63) is 57.8 Å². The van der Waals surface area contributed by atoms with E-state index in [2.05, 4.69) is 21.8 Å². The summed E-state index contributed by atoms with van der Waals surface area (Å²) in [5.74, 6) is -0.723. The monoisotopic (exact) mass is 540 g/mol. The molecule has 9 nitrogen and oxygen atoms in total. The molecule has 0 radical (unpaired) electrons. The van der Waals surface area contributed by atoms with Crippen LogP contribution in [0.2, 0.25) is 0 Å². The molecule has 2 saturated heterocycles. The maximum atomic E-state index is 13.1. The predicted molar refractivity (Wildman–Crippen MR) is 138 cm³/mol. The number of benzene rings is 1. The Morgan fingerprint density at radius 1 is 1.29 bits per heavy atom. The van der Waals surface area contributed by atoms with Crippen LogP contribution in [0, 0.1) is 11.3 Å². The van der Waals surface area contributed by atoms with E-state index in [4.69, 9.17) is 5.26 Å². The van der Waals surface area contributed by atoms with E-state index in [1.807, 2.05) is 28.8 Å². The number of carbonyl (C=O) groups is 2. The normalized spacial score (nSPS) is 18.1. The van der Waals surface area contributed by atoms with Gasteiger partial charge < -0.3 is 14.6 Å². The summed E-state index contributed by atoms with van der Waals surface area (Å²) >= 11 is 0.724. The molecule has 5 rings (SSSR count). The van der Waals surface area contributed by atoms with E-state index in [9.17, 15) is 23.5 Å². The first-order valence-corrected chi connectivity index (χ1v) is 13.0. The maximum Gasteiger partial charge on any atom is 0.272 e. The number of aliphatic hydroxyl groups excluding tert-OH is 1. The van der Waals surface area contributed by atoms with Gasteiger partial charge in [-0.25, -0.2) is 13.8 Å². The molecular weight excluding hydrogens is 514 g/mol. The smallest absolute Gasteiger partial charge is 0.272 e. The summed E-state index contributed by atoms with van der Waals surface area (Å²) in [6, 6.07) is 9.95. The molecule has 198 valence electrons. The fraction of sp³-hybridized carbons (Fsp3) is 0.385. The molecular formula is C26H26F2N6O3S. The van der Waals surface area contributed by atoms with Crippen LogP contribution in [-0.4, -0.2) is 68.1 Å². The summed E-state index contributed by atoms with van der Waals surface area (Å²) in [6.45, 7) is 6.23. The Bertz CT molecular complexity index is 1440. The first-order valence-electron chi connectivity index (χ1n) is 12.2. The highest BCUT2D eigenvalue weighted by Crippen LogP contribution is 2.30. The molecule has 2 N–H and O–H groups in total. The summed E-state index contributed by atoms with van der Waals surface area (Å²) in [6.07, 6.45) is -1.50. The first kappa shape index (κ1) is 26.0. The van der Waals surface area contributed by atoms with Gasteiger partial charge in [-0.1, -0.05) is 12.6 Å². The Morgan fingerprint density at radius 3 is 2.76 bits per heavy atom. The molecule has 0 bridgehead atoms. The molecule has 0 unspecified atom stereocenters. The Hall–Kier alpha value is -3.66. The van der Waals surface area contributed by atoms with Crippen LogP contribution in [0.4, 0.5) is 14.7 Å². The minimum atomic E-state index is -2.66. The second-order valence-corrected chi connectivity index (χ2v) is 10.7. The number of aromatic nitrogens is 2. The Balaban J connectivity index is 1.45. The van der Waals surface area contributed by atoms with Gasteiger partial charge >= 0.3 is 0 Å². The summed E-state index contributed by atoms with van der Waals surface area (Å²) < 4.78 is 27.9. The summed E-state index contributed by atoms with van der Waals surface area (Å²) in [4.78, 5) is 34.0. The highest BCUT2D eigenvalue weighted by Gasteiger charge is 2.32. The first-order chi connectivity index (χ1) is 18.2. The Labute approximate surface area is 221 Å². The molecule has 2 aliphatic rings. The number of hydrogen-bond acceptors (Lipinski definition) is 7. The minimum absolute atomic E-state index is 0.130. The van der Waals surface area contributed by atoms with Crippen molar-refractivity contribution in [2.75, 3.05) is 25.0 Å². The van der Waals surface area contributed by atoms with Gasteiger partial charge in [0.25, 0.3) is 18.2 Å². The van der Waals surface area contributed by atoms with Gasteiger partial charge in [-0.05, 0) is 42.7 Å². The zero-order chi connectivity index (χ0) is 27.0. The van der Waals surface area contributed by atoms with Gasteiger partial charge in [0.2, 0.25) is 5.95 Å². The molecule has 1 atom stereocenters. The second-order valence-electron chi connectivity index (χ2n) is 9.56. The summed E-state index contributed by atoms with van der Waals surface area (Å²) in [5.41, 5.74) is 2.24. The number of fused-ring (bicyclic) bond motifs is 1. The van der Waals surface area contributed by atoms with E-state index in [1.165, 1.54) is 12.1 Å². The van der Waals surface area contributed by atoms with Gasteiger partial charge in [-0.15, -0.1) is 11.3 Å². The number of amides is 2. The lowest BCUT2D eigenvalue weighted by molar-refractivity contribution is -0.127. The van der Waals surface area contributed by atoms with Gasteiger partial charge in [0.1, 0.15) is 11.6 Å². The SMILES string of the molecule is C=C(C#N)C(=O)N1CCC[C@@H]1Cn1c(NC(=O)c2ccc(C(F)F)s2)nc2cc(CN3CC(O)C3)ccc21. The lowest BCUT2D eigenvalue weighted by Gasteiger charge is -2.35. The lowest BCUT2D eigenvalue weighted by Crippen LogP contribution is -2.49. The van der Waals surface area contributed by atoms with Crippen molar-refractivity contribution < 1.29 is 23.5 Å². The average molecular weight is 541 g/mol. The number of nitriles is 1. The van der Waals surface area contributed by atoms with Crippen LogP contribution in [0.15, 0.2) is 42.5 Å². The molecule has 1 aromatic carbocycles. The molecule has 2 aromatic heterocycles. The van der Waals surface area contributed by atoms with Crippen molar-refractivity contribution in [2.45, 2.75) is 44.5 Å². The summed E-state index contributed by atoms with van der Waals surface area (Å²) in [7, 11) is 0. The van der Waals surface area contributed by atoms with Crippen LogP contribution in [0.3, 0.4) is 0 Å². The molecule has 0 spiro atoms. The van der Waals surface area contributed by atoms with Crippen LogP contribution in [0.5, 0.6) is 0 Å². The number of β-amino-alcohol motifs (C(OH)–C–C–N with tert-alkyl or cyclic N) is 1. The largest absolute Gasteiger partial charge is 0.390 e. The molecule has 2 fully saturated rings. The van der Waals surface area contributed by atoms with Crippen molar-refractivity contribution in [2.24, 2.45) is 0 Å². The fourth-order valence-corrected chi connectivity index (χ4v) is 5.72. The molecule has 2 aliphatic heterocycles. The molecule has 38 heavy (non-hydrogen) atoms. The van der Waals surface area contributed by atoms with Crippen LogP contribution in [0.25, 0.3) is 11.0 Å². The second kappa shape index (κ2) is 10.6. The number of thiophene rings is 1. The van der Waals surface area contributed by atoms with E-state index >= 15 is 0 Å². The predicted octanol–water partition coefficient (Wildman–Crippen LogP) is 3.53. The van der Waals surface area contributed by atoms with E-state index in [1.54, 1.807) is 4.90 Å². The number of likely N-dealkylation sites (tertiary alicyclic amines) is 2. The van der Waals surface area contributed by atoms with Crippen molar-refractivity contribution in [1.82, 2.24) is 19.4 Å². The molecule has 0 aliphatic carbocycles. The number of rotatable bonds is 8. The summed E-state index contributed by atoms with van der Waals surface area (Å²) in [5, 5.41) is 21.5. The number of hydrogen-bond donors (Lipinski definition) is 2. The zero-order valence-electron chi connectivity index (χ0n) is 20.4. The number of nitrogens with zero attached hydrogens (tertiary/aromatic N) is 5. The molecule has 3 aromatic rings. The quantitative estimate of drug-likeness (QED) is 0.334. The highest BCUT2D eigenvalue weighted by atomic mass is 32.1. The van der Waals surface area contributed by atoms with Crippen LogP contribution in [0.1, 0.15) is 39.4 Å². The van der Waals surface area contributed by atoms with Crippen LogP contribution in [-0.2, 0) is 17.9 Å². The van der Waals surface area contributed by atoms with Crippen molar-refractivity contribution >= 4 is 40.1 Å². The number of alkyl halides is 2. The number of halogens is 2. The van der Waals surface area contributed by atoms with Gasteiger partial charge in [0, 0.05) is 32.7 Å². The molecule has 4 heterocycles. The Kier molecular flexibility index (Phi) is 7.25. The maximum absolute atomic E-state index is 13.1. The third-order valence-corrected chi connectivity index (χ3v) is 7.96. The van der Waals surface area contributed by atoms with Crippen LogP contribution < -0.4 is 5.32 Å². The number of imidazole rings is 1.